The van der Waals surface area contributed by atoms with Crippen molar-refractivity contribution in [3.8, 4) is 0 Å². The van der Waals surface area contributed by atoms with E-state index in [-0.39, 0.29) is 32.2 Å². The van der Waals surface area contributed by atoms with Gasteiger partial charge in [0.25, 0.3) is 17.4 Å². The molecular weight excluding hydrogens is 620 g/mol. The maximum atomic E-state index is 11.1. The largest absolute Gasteiger partial charge is 0.384 e. The number of aryl methyl sites for hydroxylation is 1. The van der Waals surface area contributed by atoms with Gasteiger partial charge >= 0.3 is 0 Å². The second-order valence-electron chi connectivity index (χ2n) is 8.92. The summed E-state index contributed by atoms with van der Waals surface area (Å²) >= 11 is 0. The van der Waals surface area contributed by atoms with Crippen LogP contribution in [0.3, 0.4) is 0 Å². The van der Waals surface area contributed by atoms with Crippen LogP contribution in [-0.4, -0.2) is 57.5 Å². The standard InChI is InChI=1S/C6H6N4O.C6H8N2O.C5H5N5.C5H7N3.C5H6N2O.2CH4/c1-3-9-5-4(6(11)10-3)7-2-8-5;1-4-3-7-5(2)8-6(4)9;6-4-3-5(9-1-7-3)10-2-8-4;1-4-7-3-2-5(6)8-4;1-4-6-3-2-5(8)7-4;;/h2H,1H3,(H2,7,8,9,10,11);3,7H,2H2,1H3,(H,8,9);1-2H,(H3,6,7,8,9,10);2-3,7H,1H2,(H2,6,8);2-3,6H,1H2,(H,7,8);2*1H4. The van der Waals surface area contributed by atoms with Crippen molar-refractivity contribution in [1.82, 2.24) is 66.5 Å². The van der Waals surface area contributed by atoms with Crippen molar-refractivity contribution < 1.29 is 9.59 Å². The van der Waals surface area contributed by atoms with Gasteiger partial charge in [-0.3, -0.25) is 14.4 Å². The van der Waals surface area contributed by atoms with E-state index in [9.17, 15) is 14.4 Å². The van der Waals surface area contributed by atoms with Crippen molar-refractivity contribution in [2.45, 2.75) is 28.7 Å². The lowest BCUT2D eigenvalue weighted by Crippen LogP contribution is -2.33. The van der Waals surface area contributed by atoms with E-state index in [2.05, 4.69) is 91.2 Å². The smallest absolute Gasteiger partial charge is 0.276 e. The first-order chi connectivity index (χ1) is 21.9. The number of nitrogens with zero attached hydrogens (tertiary/aromatic N) is 6. The van der Waals surface area contributed by atoms with Crippen LogP contribution in [0.25, 0.3) is 22.3 Å². The molecule has 0 bridgehead atoms. The van der Waals surface area contributed by atoms with Crippen LogP contribution in [0, 0.1) is 6.92 Å². The summed E-state index contributed by atoms with van der Waals surface area (Å²) in [7, 11) is 0. The molecule has 2 amide bonds. The zero-order valence-electron chi connectivity index (χ0n) is 24.8. The Morgan fingerprint density at radius 1 is 0.750 bits per heavy atom. The Bertz CT molecular complexity index is 1940. The topological polar surface area (TPSA) is 288 Å². The number of hydrogen-bond acceptors (Lipinski definition) is 14. The molecule has 3 aliphatic rings. The Morgan fingerprint density at radius 2 is 1.40 bits per heavy atom. The van der Waals surface area contributed by atoms with Gasteiger partial charge in [0.1, 0.15) is 41.0 Å². The number of aromatic amines is 3. The molecule has 0 aliphatic carbocycles. The van der Waals surface area contributed by atoms with Crippen LogP contribution in [0.2, 0.25) is 0 Å². The van der Waals surface area contributed by atoms with Gasteiger partial charge < -0.3 is 53.0 Å². The number of amidine groups is 1. The molecule has 48 heavy (non-hydrogen) atoms. The molecule has 0 radical (unpaired) electrons. The molecule has 12 N–H and O–H groups in total. The van der Waals surface area contributed by atoms with Crippen LogP contribution < -0.4 is 43.6 Å². The predicted molar refractivity (Wildman–Crippen MR) is 186 cm³/mol. The molecule has 254 valence electrons. The van der Waals surface area contributed by atoms with Gasteiger partial charge in [-0.1, -0.05) is 34.6 Å². The molecule has 7 heterocycles. The second kappa shape index (κ2) is 18.7. The number of amides is 2. The van der Waals surface area contributed by atoms with Crippen LogP contribution in [0.1, 0.15) is 27.6 Å². The van der Waals surface area contributed by atoms with Crippen LogP contribution in [0.5, 0.6) is 0 Å². The summed E-state index contributed by atoms with van der Waals surface area (Å²) in [5.74, 6) is 2.94. The van der Waals surface area contributed by atoms with Gasteiger partial charge in [0.2, 0.25) is 0 Å². The van der Waals surface area contributed by atoms with Crippen LogP contribution in [0.15, 0.2) is 102 Å². The van der Waals surface area contributed by atoms with Gasteiger partial charge in [-0.05, 0) is 19.9 Å². The van der Waals surface area contributed by atoms with Gasteiger partial charge in [-0.15, -0.1) is 0 Å². The minimum Gasteiger partial charge on any atom is -0.384 e. The third kappa shape index (κ3) is 12.1. The molecular formula is C29H40N16O3. The molecule has 0 atom stereocenters. The van der Waals surface area contributed by atoms with E-state index in [1.807, 2.05) is 0 Å². The molecule has 0 unspecified atom stereocenters. The Labute approximate surface area is 275 Å². The number of rotatable bonds is 0. The number of nitrogens with one attached hydrogen (secondary N) is 8. The van der Waals surface area contributed by atoms with E-state index in [1.54, 1.807) is 38.5 Å². The molecule has 0 spiro atoms. The first kappa shape index (κ1) is 39.0. The minimum absolute atomic E-state index is 0. The molecule has 7 rings (SSSR count). The number of nitrogen functional groups attached to an aromatic ring is 1. The Hall–Kier alpha value is -7.05. The summed E-state index contributed by atoms with van der Waals surface area (Å²) in [5, 5.41) is 13.2. The molecule has 0 saturated carbocycles. The Kier molecular flexibility index (Phi) is 15.2. The van der Waals surface area contributed by atoms with Crippen molar-refractivity contribution in [2.75, 3.05) is 5.73 Å². The fraction of sp³-hybridized carbons (Fsp3) is 0.138. The number of H-pyrrole nitrogens is 3. The number of aliphatic imine (C=N–C) groups is 1. The summed E-state index contributed by atoms with van der Waals surface area (Å²) in [6.45, 7) is 14.0. The van der Waals surface area contributed by atoms with Crippen molar-refractivity contribution in [1.29, 1.82) is 0 Å². The zero-order valence-corrected chi connectivity index (χ0v) is 24.8. The molecule has 0 aromatic carbocycles. The van der Waals surface area contributed by atoms with Crippen molar-refractivity contribution in [3.63, 3.8) is 0 Å². The van der Waals surface area contributed by atoms with E-state index >= 15 is 0 Å². The number of imidazole rings is 2. The summed E-state index contributed by atoms with van der Waals surface area (Å²) in [6.07, 6.45) is 12.3. The summed E-state index contributed by atoms with van der Waals surface area (Å²) in [4.78, 5) is 63.5. The number of nitrogens with two attached hydrogens (primary N) is 2. The quantitative estimate of drug-likeness (QED) is 0.125. The third-order valence-electron chi connectivity index (χ3n) is 5.29. The van der Waals surface area contributed by atoms with Crippen molar-refractivity contribution in [2.24, 2.45) is 10.7 Å². The zero-order chi connectivity index (χ0) is 33.6. The summed E-state index contributed by atoms with van der Waals surface area (Å²) in [6, 6.07) is 0. The molecule has 4 aromatic rings. The molecule has 0 saturated heterocycles. The van der Waals surface area contributed by atoms with Crippen LogP contribution in [-0.2, 0) is 9.59 Å². The van der Waals surface area contributed by atoms with E-state index < -0.39 is 0 Å². The van der Waals surface area contributed by atoms with Gasteiger partial charge in [0, 0.05) is 30.2 Å². The summed E-state index contributed by atoms with van der Waals surface area (Å²) < 4.78 is 0. The highest BCUT2D eigenvalue weighted by Gasteiger charge is 2.08. The molecule has 19 heteroatoms. The van der Waals surface area contributed by atoms with Gasteiger partial charge in [0.05, 0.1) is 12.7 Å². The van der Waals surface area contributed by atoms with Crippen molar-refractivity contribution >= 4 is 45.8 Å². The average Bonchev–Trinajstić information content (AvgIpc) is 3.67. The van der Waals surface area contributed by atoms with Gasteiger partial charge in [0.15, 0.2) is 22.6 Å². The highest BCUT2D eigenvalue weighted by molar-refractivity contribution is 5.94. The highest BCUT2D eigenvalue weighted by atomic mass is 16.2. The molecule has 0 fully saturated rings. The Balaban J connectivity index is 0.000000299. The highest BCUT2D eigenvalue weighted by Crippen LogP contribution is 2.09. The predicted octanol–water partition coefficient (Wildman–Crippen LogP) is 0.865. The third-order valence-corrected chi connectivity index (χ3v) is 5.29. The second-order valence-corrected chi connectivity index (χ2v) is 8.92. The number of carbonyl (C=O) groups is 2. The monoisotopic (exact) mass is 660 g/mol. The molecule has 19 nitrogen and oxygen atoms in total. The number of fused-ring (bicyclic) bond motifs is 2. The minimum atomic E-state index is -0.176. The maximum Gasteiger partial charge on any atom is 0.276 e. The van der Waals surface area contributed by atoms with Crippen LogP contribution in [0.4, 0.5) is 5.82 Å². The lowest BCUT2D eigenvalue weighted by molar-refractivity contribution is -0.117. The van der Waals surface area contributed by atoms with E-state index in [4.69, 9.17) is 11.5 Å². The van der Waals surface area contributed by atoms with Crippen molar-refractivity contribution in [3.05, 3.63) is 109 Å². The summed E-state index contributed by atoms with van der Waals surface area (Å²) in [5.41, 5.74) is 13.5. The lowest BCUT2D eigenvalue weighted by Gasteiger charge is -2.13. The van der Waals surface area contributed by atoms with Crippen LogP contribution >= 0.6 is 0 Å². The fourth-order valence-corrected chi connectivity index (χ4v) is 3.16. The number of aromatic nitrogens is 8. The fourth-order valence-electron chi connectivity index (χ4n) is 3.16. The Morgan fingerprint density at radius 3 is 1.94 bits per heavy atom. The molecule has 4 aromatic heterocycles. The lowest BCUT2D eigenvalue weighted by atomic mass is 10.3. The maximum absolute atomic E-state index is 11.1. The molecule has 3 aliphatic heterocycles. The first-order valence-corrected chi connectivity index (χ1v) is 13.0. The van der Waals surface area contributed by atoms with Gasteiger partial charge in [-0.2, -0.15) is 0 Å². The van der Waals surface area contributed by atoms with E-state index in [0.29, 0.717) is 62.8 Å². The average molecular weight is 661 g/mol. The first-order valence-electron chi connectivity index (χ1n) is 13.0. The van der Waals surface area contributed by atoms with E-state index in [1.165, 1.54) is 25.1 Å². The van der Waals surface area contributed by atoms with E-state index in [0.717, 1.165) is 0 Å². The number of hydrogen-bond donors (Lipinski definition) is 10. The number of carbonyl (C=O) groups excluding carboxylic acids is 2. The number of anilines is 1. The normalized spacial score (nSPS) is 13.8. The van der Waals surface area contributed by atoms with Gasteiger partial charge in [-0.25, -0.2) is 29.9 Å². The SMILES string of the molecule is C.C.C=C1N=C(N)C=CN1.C=C1NC=C(C)C(=O)N1.C=C1NC=CC(=O)N1.Cc1nc2nc[nH]c2c(=O)[nH]1.Nc1ncnc2nc[nH]c12.